The molecule has 0 saturated carbocycles. The number of rotatable bonds is 7. The maximum Gasteiger partial charge on any atom is 0.246 e. The number of benzene rings is 1. The molecule has 1 atom stereocenters. The van der Waals surface area contributed by atoms with Crippen molar-refractivity contribution >= 4 is 5.91 Å². The van der Waals surface area contributed by atoms with Crippen molar-refractivity contribution in [1.29, 1.82) is 0 Å². The van der Waals surface area contributed by atoms with Crippen molar-refractivity contribution < 1.29 is 4.79 Å². The molecular weight excluding hydrogens is 236 g/mol. The number of carbonyl (C=O) groups excluding carboxylic acids is 1. The molecule has 0 aromatic heterocycles. The van der Waals surface area contributed by atoms with Crippen LogP contribution in [0.15, 0.2) is 42.5 Å². The Morgan fingerprint density at radius 1 is 1.26 bits per heavy atom. The molecule has 0 saturated heterocycles. The fraction of sp³-hybridized carbons (Fsp3) is 0.438. The highest BCUT2D eigenvalue weighted by Gasteiger charge is 2.05. The molecule has 0 heterocycles. The standard InChI is InChI=1S/C16H24N2O/c1-4-18(5-2)16(19)12-11-14(3)17-13-15-9-7-6-8-10-15/h6-12,14,17H,4-5,13H2,1-3H3/b12-11+/t14-/m0/s1. The van der Waals surface area contributed by atoms with E-state index in [2.05, 4.69) is 24.4 Å². The summed E-state index contributed by atoms with van der Waals surface area (Å²) >= 11 is 0. The molecule has 1 rings (SSSR count). The van der Waals surface area contributed by atoms with E-state index in [4.69, 9.17) is 0 Å². The molecule has 0 bridgehead atoms. The lowest BCUT2D eigenvalue weighted by Gasteiger charge is -2.16. The van der Waals surface area contributed by atoms with Crippen LogP contribution >= 0.6 is 0 Å². The van der Waals surface area contributed by atoms with Crippen LogP contribution in [0.1, 0.15) is 26.3 Å². The predicted octanol–water partition coefficient (Wildman–Crippen LogP) is 2.59. The van der Waals surface area contributed by atoms with Crippen molar-refractivity contribution in [1.82, 2.24) is 10.2 Å². The third kappa shape index (κ3) is 5.71. The minimum atomic E-state index is 0.0818. The average molecular weight is 260 g/mol. The quantitative estimate of drug-likeness (QED) is 0.764. The minimum Gasteiger partial charge on any atom is -0.340 e. The fourth-order valence-corrected chi connectivity index (χ4v) is 1.81. The summed E-state index contributed by atoms with van der Waals surface area (Å²) in [6.07, 6.45) is 3.58. The average Bonchev–Trinajstić information content (AvgIpc) is 2.45. The lowest BCUT2D eigenvalue weighted by atomic mass is 10.2. The van der Waals surface area contributed by atoms with Gasteiger partial charge in [0.25, 0.3) is 0 Å². The SMILES string of the molecule is CCN(CC)C(=O)/C=C/[C@H](C)NCc1ccccc1. The van der Waals surface area contributed by atoms with Crippen LogP contribution in [0.5, 0.6) is 0 Å². The molecule has 0 fully saturated rings. The number of amides is 1. The molecule has 104 valence electrons. The Morgan fingerprint density at radius 2 is 1.89 bits per heavy atom. The highest BCUT2D eigenvalue weighted by atomic mass is 16.2. The zero-order valence-corrected chi connectivity index (χ0v) is 12.1. The Bertz CT molecular complexity index is 396. The van der Waals surface area contributed by atoms with Gasteiger partial charge in [-0.25, -0.2) is 0 Å². The number of hydrogen-bond donors (Lipinski definition) is 1. The van der Waals surface area contributed by atoms with Gasteiger partial charge < -0.3 is 10.2 Å². The molecule has 0 aliphatic carbocycles. The monoisotopic (exact) mass is 260 g/mol. The topological polar surface area (TPSA) is 32.3 Å². The lowest BCUT2D eigenvalue weighted by Crippen LogP contribution is -2.29. The van der Waals surface area contributed by atoms with Crippen LogP contribution in [0, 0.1) is 0 Å². The Labute approximate surface area is 116 Å². The first-order chi connectivity index (χ1) is 9.17. The Hall–Kier alpha value is -1.61. The first-order valence-electron chi connectivity index (χ1n) is 6.91. The van der Waals surface area contributed by atoms with Gasteiger partial charge in [0.1, 0.15) is 0 Å². The van der Waals surface area contributed by atoms with E-state index < -0.39 is 0 Å². The zero-order chi connectivity index (χ0) is 14.1. The van der Waals surface area contributed by atoms with E-state index in [0.717, 1.165) is 19.6 Å². The van der Waals surface area contributed by atoms with E-state index in [1.807, 2.05) is 38.1 Å². The van der Waals surface area contributed by atoms with E-state index in [0.29, 0.717) is 0 Å². The third-order valence-corrected chi connectivity index (χ3v) is 3.07. The molecule has 0 spiro atoms. The summed E-state index contributed by atoms with van der Waals surface area (Å²) in [6.45, 7) is 8.36. The van der Waals surface area contributed by atoms with Gasteiger partial charge in [0.15, 0.2) is 0 Å². The summed E-state index contributed by atoms with van der Waals surface area (Å²) in [5.41, 5.74) is 1.25. The van der Waals surface area contributed by atoms with Gasteiger partial charge in [0.2, 0.25) is 5.91 Å². The Morgan fingerprint density at radius 3 is 2.47 bits per heavy atom. The van der Waals surface area contributed by atoms with Gasteiger partial charge in [-0.2, -0.15) is 0 Å². The number of nitrogens with one attached hydrogen (secondary N) is 1. The largest absolute Gasteiger partial charge is 0.340 e. The molecule has 3 heteroatoms. The molecule has 0 aliphatic heterocycles. The summed E-state index contributed by atoms with van der Waals surface area (Å²) in [4.78, 5) is 13.6. The van der Waals surface area contributed by atoms with Gasteiger partial charge in [-0.1, -0.05) is 36.4 Å². The first kappa shape index (κ1) is 15.4. The molecule has 0 radical (unpaired) electrons. The maximum absolute atomic E-state index is 11.8. The highest BCUT2D eigenvalue weighted by Crippen LogP contribution is 1.99. The summed E-state index contributed by atoms with van der Waals surface area (Å²) in [7, 11) is 0. The zero-order valence-electron chi connectivity index (χ0n) is 12.1. The van der Waals surface area contributed by atoms with Gasteiger partial charge in [-0.3, -0.25) is 4.79 Å². The second kappa shape index (κ2) is 8.48. The van der Waals surface area contributed by atoms with Crippen LogP contribution in [-0.4, -0.2) is 29.9 Å². The van der Waals surface area contributed by atoms with E-state index in [1.165, 1.54) is 5.56 Å². The van der Waals surface area contributed by atoms with Crippen molar-refractivity contribution in [3.05, 3.63) is 48.0 Å². The molecule has 1 aromatic rings. The van der Waals surface area contributed by atoms with Crippen molar-refractivity contribution in [2.45, 2.75) is 33.4 Å². The number of hydrogen-bond acceptors (Lipinski definition) is 2. The smallest absolute Gasteiger partial charge is 0.246 e. The van der Waals surface area contributed by atoms with Crippen LogP contribution in [0.3, 0.4) is 0 Å². The lowest BCUT2D eigenvalue weighted by molar-refractivity contribution is -0.125. The van der Waals surface area contributed by atoms with E-state index in [1.54, 1.807) is 11.0 Å². The van der Waals surface area contributed by atoms with E-state index >= 15 is 0 Å². The van der Waals surface area contributed by atoms with Crippen LogP contribution in [0.4, 0.5) is 0 Å². The van der Waals surface area contributed by atoms with Crippen molar-refractivity contribution in [3.8, 4) is 0 Å². The molecular formula is C16H24N2O. The summed E-state index contributed by atoms with van der Waals surface area (Å²) in [5.74, 6) is 0.0818. The van der Waals surface area contributed by atoms with Crippen LogP contribution in [0.2, 0.25) is 0 Å². The summed E-state index contributed by atoms with van der Waals surface area (Å²) in [6, 6.07) is 10.4. The molecule has 19 heavy (non-hydrogen) atoms. The fourth-order valence-electron chi connectivity index (χ4n) is 1.81. The predicted molar refractivity (Wildman–Crippen MR) is 79.8 cm³/mol. The van der Waals surface area contributed by atoms with Gasteiger partial charge in [0, 0.05) is 31.8 Å². The molecule has 0 aliphatic rings. The van der Waals surface area contributed by atoms with Gasteiger partial charge in [0.05, 0.1) is 0 Å². The Balaban J connectivity index is 2.38. The third-order valence-electron chi connectivity index (χ3n) is 3.07. The van der Waals surface area contributed by atoms with Crippen LogP contribution in [-0.2, 0) is 11.3 Å². The minimum absolute atomic E-state index is 0.0818. The number of likely N-dealkylation sites (N-methyl/N-ethyl adjacent to an activating group) is 1. The molecule has 3 nitrogen and oxygen atoms in total. The summed E-state index contributed by atoms with van der Waals surface area (Å²) in [5, 5.41) is 3.37. The van der Waals surface area contributed by atoms with Gasteiger partial charge in [-0.05, 0) is 26.3 Å². The van der Waals surface area contributed by atoms with Crippen molar-refractivity contribution in [3.63, 3.8) is 0 Å². The molecule has 0 unspecified atom stereocenters. The first-order valence-corrected chi connectivity index (χ1v) is 6.91. The van der Waals surface area contributed by atoms with Crippen LogP contribution in [0.25, 0.3) is 0 Å². The number of nitrogens with zero attached hydrogens (tertiary/aromatic N) is 1. The van der Waals surface area contributed by atoms with Gasteiger partial charge in [-0.15, -0.1) is 0 Å². The highest BCUT2D eigenvalue weighted by molar-refractivity contribution is 5.87. The number of carbonyl (C=O) groups is 1. The van der Waals surface area contributed by atoms with Crippen LogP contribution < -0.4 is 5.32 Å². The Kier molecular flexibility index (Phi) is 6.90. The van der Waals surface area contributed by atoms with Crippen molar-refractivity contribution in [2.24, 2.45) is 0 Å². The van der Waals surface area contributed by atoms with Gasteiger partial charge >= 0.3 is 0 Å². The molecule has 1 aromatic carbocycles. The summed E-state index contributed by atoms with van der Waals surface area (Å²) < 4.78 is 0. The molecule has 1 N–H and O–H groups in total. The normalized spacial score (nSPS) is 12.6. The van der Waals surface area contributed by atoms with E-state index in [9.17, 15) is 4.79 Å². The van der Waals surface area contributed by atoms with Crippen molar-refractivity contribution in [2.75, 3.05) is 13.1 Å². The second-order valence-electron chi connectivity index (χ2n) is 4.52. The second-order valence-corrected chi connectivity index (χ2v) is 4.52. The maximum atomic E-state index is 11.8. The van der Waals surface area contributed by atoms with E-state index in [-0.39, 0.29) is 11.9 Å². The molecule has 1 amide bonds.